The molecule has 3 N–H and O–H groups in total. The summed E-state index contributed by atoms with van der Waals surface area (Å²) in [6, 6.07) is 1.65. The molecule has 0 unspecified atom stereocenters. The molecule has 0 aliphatic heterocycles. The summed E-state index contributed by atoms with van der Waals surface area (Å²) < 4.78 is 9.52. The number of rotatable bonds is 8. The number of anilines is 1. The van der Waals surface area contributed by atoms with Crippen LogP contribution >= 0.6 is 11.3 Å². The number of hydrogen-bond donors (Lipinski definition) is 3. The average Bonchev–Trinajstić information content (AvgIpc) is 3.19. The normalized spacial score (nSPS) is 10.5. The summed E-state index contributed by atoms with van der Waals surface area (Å²) in [6.07, 6.45) is 1.67. The molecule has 23 heavy (non-hydrogen) atoms. The molecular weight excluding hydrogens is 320 g/mol. The Morgan fingerprint density at radius 3 is 2.96 bits per heavy atom. The third kappa shape index (κ3) is 4.88. The zero-order valence-corrected chi connectivity index (χ0v) is 13.7. The van der Waals surface area contributed by atoms with E-state index in [-0.39, 0.29) is 12.5 Å². The number of hydrogen-bond acceptors (Lipinski definition) is 7. The first-order chi connectivity index (χ1) is 11.1. The molecule has 8 nitrogen and oxygen atoms in total. The summed E-state index contributed by atoms with van der Waals surface area (Å²) >= 11 is 1.31. The molecule has 9 heteroatoms. The van der Waals surface area contributed by atoms with E-state index in [1.165, 1.54) is 18.4 Å². The molecule has 0 aliphatic carbocycles. The van der Waals surface area contributed by atoms with E-state index in [2.05, 4.69) is 25.3 Å². The van der Waals surface area contributed by atoms with Gasteiger partial charge in [0.25, 0.3) is 0 Å². The number of amides is 1. The van der Waals surface area contributed by atoms with Gasteiger partial charge < -0.3 is 25.1 Å². The number of aromatic nitrogens is 2. The molecule has 0 saturated heterocycles. The van der Waals surface area contributed by atoms with Crippen molar-refractivity contribution in [2.75, 3.05) is 39.2 Å². The summed E-state index contributed by atoms with van der Waals surface area (Å²) in [5.74, 6) is -0.617. The first kappa shape index (κ1) is 17.1. The smallest absolute Gasteiger partial charge is 0.354 e. The molecule has 0 aliphatic rings. The number of esters is 1. The van der Waals surface area contributed by atoms with Crippen LogP contribution in [0.2, 0.25) is 0 Å². The highest BCUT2D eigenvalue weighted by atomic mass is 32.1. The Bertz CT molecular complexity index is 667. The minimum absolute atomic E-state index is 0.175. The van der Waals surface area contributed by atoms with Gasteiger partial charge in [-0.2, -0.15) is 0 Å². The van der Waals surface area contributed by atoms with Crippen LogP contribution in [0.3, 0.4) is 0 Å². The molecule has 2 rings (SSSR count). The lowest BCUT2D eigenvalue weighted by atomic mass is 10.2. The van der Waals surface area contributed by atoms with E-state index < -0.39 is 5.97 Å². The van der Waals surface area contributed by atoms with Crippen LogP contribution in [-0.4, -0.2) is 55.8 Å². The van der Waals surface area contributed by atoms with Crippen LogP contribution < -0.4 is 10.6 Å². The molecule has 0 atom stereocenters. The van der Waals surface area contributed by atoms with E-state index in [1.54, 1.807) is 24.8 Å². The fourth-order valence-electron chi connectivity index (χ4n) is 1.77. The van der Waals surface area contributed by atoms with Crippen LogP contribution in [0, 0.1) is 0 Å². The second kappa shape index (κ2) is 8.42. The van der Waals surface area contributed by atoms with Gasteiger partial charge in [-0.3, -0.25) is 4.79 Å². The fourth-order valence-corrected chi connectivity index (χ4v) is 2.51. The molecule has 2 aromatic rings. The second-order valence-electron chi connectivity index (χ2n) is 4.55. The molecule has 2 aromatic heterocycles. The minimum Gasteiger partial charge on any atom is -0.464 e. The summed E-state index contributed by atoms with van der Waals surface area (Å²) in [5.41, 5.74) is 1.77. The SMILES string of the molecule is COCCNCC(=O)Nc1nc(-c2c[nH]c(C(=O)OC)c2)cs1. The van der Waals surface area contributed by atoms with Crippen LogP contribution in [0.15, 0.2) is 17.6 Å². The maximum absolute atomic E-state index is 11.7. The Balaban J connectivity index is 1.91. The molecule has 0 spiro atoms. The van der Waals surface area contributed by atoms with Crippen LogP contribution in [0.5, 0.6) is 0 Å². The largest absolute Gasteiger partial charge is 0.464 e. The molecular formula is C14H18N4O4S. The monoisotopic (exact) mass is 338 g/mol. The molecule has 0 bridgehead atoms. The van der Waals surface area contributed by atoms with Crippen LogP contribution in [0.4, 0.5) is 5.13 Å². The van der Waals surface area contributed by atoms with Gasteiger partial charge in [0.15, 0.2) is 5.13 Å². The molecule has 124 valence electrons. The molecule has 0 fully saturated rings. The van der Waals surface area contributed by atoms with Gasteiger partial charge in [-0.15, -0.1) is 11.3 Å². The van der Waals surface area contributed by atoms with Crippen LogP contribution in [0.25, 0.3) is 11.3 Å². The number of carbonyl (C=O) groups excluding carboxylic acids is 2. The topological polar surface area (TPSA) is 105 Å². The first-order valence-electron chi connectivity index (χ1n) is 6.86. The van der Waals surface area contributed by atoms with E-state index in [1.807, 2.05) is 0 Å². The average molecular weight is 338 g/mol. The summed E-state index contributed by atoms with van der Waals surface area (Å²) in [5, 5.41) is 7.97. The number of H-pyrrole nitrogens is 1. The van der Waals surface area contributed by atoms with Gasteiger partial charge in [0.1, 0.15) is 5.69 Å². The van der Waals surface area contributed by atoms with Crippen molar-refractivity contribution >= 4 is 28.3 Å². The molecule has 0 aromatic carbocycles. The van der Waals surface area contributed by atoms with Gasteiger partial charge in [-0.05, 0) is 6.07 Å². The van der Waals surface area contributed by atoms with Crippen molar-refractivity contribution in [3.63, 3.8) is 0 Å². The number of ether oxygens (including phenoxy) is 2. The van der Waals surface area contributed by atoms with Gasteiger partial charge in [0.2, 0.25) is 5.91 Å². The van der Waals surface area contributed by atoms with Crippen LogP contribution in [-0.2, 0) is 14.3 Å². The van der Waals surface area contributed by atoms with Crippen LogP contribution in [0.1, 0.15) is 10.5 Å². The van der Waals surface area contributed by atoms with Crippen molar-refractivity contribution in [2.45, 2.75) is 0 Å². The second-order valence-corrected chi connectivity index (χ2v) is 5.41. The predicted octanol–water partition coefficient (Wildman–Crippen LogP) is 1.10. The lowest BCUT2D eigenvalue weighted by Crippen LogP contribution is -2.30. The van der Waals surface area contributed by atoms with Crippen molar-refractivity contribution in [1.29, 1.82) is 0 Å². The summed E-state index contributed by atoms with van der Waals surface area (Å²) in [4.78, 5) is 30.3. The van der Waals surface area contributed by atoms with Gasteiger partial charge in [0.05, 0.1) is 26.0 Å². The Morgan fingerprint density at radius 2 is 2.22 bits per heavy atom. The standard InChI is InChI=1S/C14H18N4O4S/c1-21-4-3-15-7-12(19)18-14-17-11(8-23-14)9-5-10(16-6-9)13(20)22-2/h5-6,8,15-16H,3-4,7H2,1-2H3,(H,17,18,19). The van der Waals surface area contributed by atoms with Gasteiger partial charge >= 0.3 is 5.97 Å². The molecule has 2 heterocycles. The lowest BCUT2D eigenvalue weighted by molar-refractivity contribution is -0.115. The number of nitrogens with zero attached hydrogens (tertiary/aromatic N) is 1. The Kier molecular flexibility index (Phi) is 6.27. The number of thiazole rings is 1. The van der Waals surface area contributed by atoms with Crippen molar-refractivity contribution in [1.82, 2.24) is 15.3 Å². The maximum atomic E-state index is 11.7. The Labute approximate surface area is 137 Å². The van der Waals surface area contributed by atoms with Gasteiger partial charge in [-0.1, -0.05) is 0 Å². The first-order valence-corrected chi connectivity index (χ1v) is 7.74. The van der Waals surface area contributed by atoms with Gasteiger partial charge in [0, 0.05) is 30.8 Å². The highest BCUT2D eigenvalue weighted by Gasteiger charge is 2.12. The molecule has 0 radical (unpaired) electrons. The zero-order valence-electron chi connectivity index (χ0n) is 12.8. The third-order valence-electron chi connectivity index (χ3n) is 2.90. The van der Waals surface area contributed by atoms with E-state index in [9.17, 15) is 9.59 Å². The number of aromatic amines is 1. The van der Waals surface area contributed by atoms with E-state index in [4.69, 9.17) is 4.74 Å². The van der Waals surface area contributed by atoms with Crippen molar-refractivity contribution < 1.29 is 19.1 Å². The van der Waals surface area contributed by atoms with E-state index >= 15 is 0 Å². The zero-order chi connectivity index (χ0) is 16.7. The van der Waals surface area contributed by atoms with E-state index in [0.717, 1.165) is 5.56 Å². The lowest BCUT2D eigenvalue weighted by Gasteiger charge is -2.03. The Hall–Kier alpha value is -2.23. The highest BCUT2D eigenvalue weighted by Crippen LogP contribution is 2.25. The van der Waals surface area contributed by atoms with Crippen molar-refractivity contribution in [3.05, 3.63) is 23.3 Å². The van der Waals surface area contributed by atoms with Crippen molar-refractivity contribution in [2.24, 2.45) is 0 Å². The molecule has 1 amide bonds. The minimum atomic E-state index is -0.442. The quantitative estimate of drug-likeness (QED) is 0.492. The van der Waals surface area contributed by atoms with Crippen molar-refractivity contribution in [3.8, 4) is 11.3 Å². The predicted molar refractivity (Wildman–Crippen MR) is 86.6 cm³/mol. The molecule has 0 saturated carbocycles. The fraction of sp³-hybridized carbons (Fsp3) is 0.357. The Morgan fingerprint density at radius 1 is 1.39 bits per heavy atom. The number of methoxy groups -OCH3 is 2. The highest BCUT2D eigenvalue weighted by molar-refractivity contribution is 7.14. The third-order valence-corrected chi connectivity index (χ3v) is 3.66. The number of carbonyl (C=O) groups is 2. The van der Waals surface area contributed by atoms with E-state index in [0.29, 0.717) is 29.7 Å². The summed E-state index contributed by atoms with van der Waals surface area (Å²) in [7, 11) is 2.92. The number of nitrogens with one attached hydrogen (secondary N) is 3. The maximum Gasteiger partial charge on any atom is 0.354 e. The summed E-state index contributed by atoms with van der Waals surface area (Å²) in [6.45, 7) is 1.34. The van der Waals surface area contributed by atoms with Gasteiger partial charge in [-0.25, -0.2) is 9.78 Å².